The molecule has 0 fully saturated rings. The molecule has 3 aromatic rings. The maximum absolute atomic E-state index is 12.2. The molecular weight excluding hydrogens is 460 g/mol. The van der Waals surface area contributed by atoms with E-state index in [4.69, 9.17) is 14.2 Å². The Morgan fingerprint density at radius 1 is 0.968 bits per heavy atom. The maximum atomic E-state index is 12.2. The molecule has 0 heterocycles. The Morgan fingerprint density at radius 2 is 1.71 bits per heavy atom. The van der Waals surface area contributed by atoms with Crippen LogP contribution in [0.25, 0.3) is 0 Å². The lowest BCUT2D eigenvalue weighted by Gasteiger charge is -2.09. The van der Waals surface area contributed by atoms with Crippen LogP contribution in [0.1, 0.15) is 16.7 Å². The second-order valence-corrected chi connectivity index (χ2v) is 7.56. The zero-order valence-corrected chi connectivity index (χ0v) is 18.9. The van der Waals surface area contributed by atoms with E-state index in [1.165, 1.54) is 0 Å². The summed E-state index contributed by atoms with van der Waals surface area (Å²) in [6, 6.07) is 20.8. The van der Waals surface area contributed by atoms with Crippen LogP contribution in [0, 0.1) is 0 Å². The summed E-state index contributed by atoms with van der Waals surface area (Å²) in [7, 11) is 3.13. The summed E-state index contributed by atoms with van der Waals surface area (Å²) < 4.78 is 17.3. The van der Waals surface area contributed by atoms with Crippen molar-refractivity contribution in [1.82, 2.24) is 5.43 Å². The number of amides is 1. The van der Waals surface area contributed by atoms with E-state index in [1.807, 2.05) is 54.6 Å². The summed E-state index contributed by atoms with van der Waals surface area (Å²) in [5.74, 6) is 1.69. The summed E-state index contributed by atoms with van der Waals surface area (Å²) in [6.45, 7) is 0.468. The molecule has 7 heteroatoms. The van der Waals surface area contributed by atoms with Crippen molar-refractivity contribution in [3.05, 3.63) is 87.9 Å². The van der Waals surface area contributed by atoms with Gasteiger partial charge < -0.3 is 14.2 Å². The number of hydrazone groups is 1. The summed E-state index contributed by atoms with van der Waals surface area (Å²) in [5.41, 5.74) is 5.23. The molecule has 0 bridgehead atoms. The lowest BCUT2D eigenvalue weighted by atomic mass is 10.1. The van der Waals surface area contributed by atoms with E-state index in [0.717, 1.165) is 26.9 Å². The zero-order chi connectivity index (χ0) is 22.1. The Balaban J connectivity index is 1.52. The highest BCUT2D eigenvalue weighted by Crippen LogP contribution is 2.27. The lowest BCUT2D eigenvalue weighted by molar-refractivity contribution is -0.120. The number of methoxy groups -OCH3 is 2. The van der Waals surface area contributed by atoms with Crippen molar-refractivity contribution in [3.63, 3.8) is 0 Å². The summed E-state index contributed by atoms with van der Waals surface area (Å²) in [5, 5.41) is 4.04. The Labute approximate surface area is 190 Å². The predicted molar refractivity (Wildman–Crippen MR) is 124 cm³/mol. The van der Waals surface area contributed by atoms with Crippen LogP contribution in [0.15, 0.2) is 76.3 Å². The fraction of sp³-hybridized carbons (Fsp3) is 0.167. The number of halogens is 1. The lowest BCUT2D eigenvalue weighted by Crippen LogP contribution is -2.19. The number of benzene rings is 3. The molecule has 0 aliphatic carbocycles. The molecular formula is C24H23BrN2O4. The molecule has 1 amide bonds. The first-order chi connectivity index (χ1) is 15.1. The van der Waals surface area contributed by atoms with Gasteiger partial charge in [0.05, 0.1) is 26.9 Å². The van der Waals surface area contributed by atoms with Crippen molar-refractivity contribution in [2.75, 3.05) is 14.2 Å². The van der Waals surface area contributed by atoms with Crippen molar-refractivity contribution in [1.29, 1.82) is 0 Å². The molecule has 3 aromatic carbocycles. The van der Waals surface area contributed by atoms with Crippen LogP contribution in [-0.4, -0.2) is 26.3 Å². The van der Waals surface area contributed by atoms with Gasteiger partial charge >= 0.3 is 0 Å². The topological polar surface area (TPSA) is 69.2 Å². The molecule has 3 rings (SSSR count). The number of carbonyl (C=O) groups excluding carboxylic acids is 1. The normalized spacial score (nSPS) is 10.7. The smallest absolute Gasteiger partial charge is 0.244 e. The molecule has 31 heavy (non-hydrogen) atoms. The van der Waals surface area contributed by atoms with Gasteiger partial charge in [-0.25, -0.2) is 5.43 Å². The molecule has 0 aliphatic heterocycles. The van der Waals surface area contributed by atoms with E-state index in [1.54, 1.807) is 32.6 Å². The van der Waals surface area contributed by atoms with Crippen LogP contribution in [0.5, 0.6) is 17.2 Å². The molecule has 0 radical (unpaired) electrons. The molecule has 0 spiro atoms. The van der Waals surface area contributed by atoms with Crippen LogP contribution in [-0.2, 0) is 17.8 Å². The van der Waals surface area contributed by atoms with Crippen LogP contribution in [0.3, 0.4) is 0 Å². The third-order valence-corrected chi connectivity index (χ3v) is 4.92. The van der Waals surface area contributed by atoms with Gasteiger partial charge in [0, 0.05) is 4.47 Å². The molecule has 1 N–H and O–H groups in total. The zero-order valence-electron chi connectivity index (χ0n) is 17.3. The molecule has 6 nitrogen and oxygen atoms in total. The van der Waals surface area contributed by atoms with E-state index < -0.39 is 0 Å². The standard InChI is InChI=1S/C24H23BrN2O4/c1-29-22-11-8-18(13-23(22)30-2)14-24(28)27-26-15-19-4-3-5-21(12-19)31-16-17-6-9-20(25)10-7-17/h3-13,15H,14,16H2,1-2H3,(H,27,28)/b26-15+. The van der Waals surface area contributed by atoms with Gasteiger partial charge in [0.1, 0.15) is 12.4 Å². The fourth-order valence-corrected chi connectivity index (χ4v) is 3.09. The SMILES string of the molecule is COc1ccc(CC(=O)N/N=C/c2cccc(OCc3ccc(Br)cc3)c2)cc1OC. The first-order valence-corrected chi connectivity index (χ1v) is 10.4. The third kappa shape index (κ3) is 6.86. The second kappa shape index (κ2) is 11.2. The highest BCUT2D eigenvalue weighted by atomic mass is 79.9. The summed E-state index contributed by atoms with van der Waals surface area (Å²) in [6.07, 6.45) is 1.76. The largest absolute Gasteiger partial charge is 0.493 e. The van der Waals surface area contributed by atoms with E-state index in [2.05, 4.69) is 26.5 Å². The van der Waals surface area contributed by atoms with Crippen LogP contribution < -0.4 is 19.6 Å². The van der Waals surface area contributed by atoms with Crippen LogP contribution in [0.4, 0.5) is 0 Å². The predicted octanol–water partition coefficient (Wildman–Crippen LogP) is 4.74. The van der Waals surface area contributed by atoms with Gasteiger partial charge in [-0.2, -0.15) is 5.10 Å². The third-order valence-electron chi connectivity index (χ3n) is 4.39. The summed E-state index contributed by atoms with van der Waals surface area (Å²) in [4.78, 5) is 12.2. The minimum Gasteiger partial charge on any atom is -0.493 e. The average molecular weight is 483 g/mol. The van der Waals surface area contributed by atoms with E-state index in [0.29, 0.717) is 18.1 Å². The van der Waals surface area contributed by atoms with Gasteiger partial charge in [0.2, 0.25) is 5.91 Å². The fourth-order valence-electron chi connectivity index (χ4n) is 2.83. The highest BCUT2D eigenvalue weighted by Gasteiger charge is 2.08. The van der Waals surface area contributed by atoms with Gasteiger partial charge in [-0.3, -0.25) is 4.79 Å². The van der Waals surface area contributed by atoms with Crippen molar-refractivity contribution >= 4 is 28.1 Å². The van der Waals surface area contributed by atoms with Crippen molar-refractivity contribution < 1.29 is 19.0 Å². The summed E-state index contributed by atoms with van der Waals surface area (Å²) >= 11 is 3.42. The molecule has 0 unspecified atom stereocenters. The molecule has 0 atom stereocenters. The van der Waals surface area contributed by atoms with Gasteiger partial charge in [0.25, 0.3) is 0 Å². The van der Waals surface area contributed by atoms with Gasteiger partial charge in [-0.05, 0) is 53.1 Å². The first kappa shape index (κ1) is 22.4. The molecule has 160 valence electrons. The van der Waals surface area contributed by atoms with Crippen molar-refractivity contribution in [2.24, 2.45) is 5.10 Å². The Hall–Kier alpha value is -3.32. The second-order valence-electron chi connectivity index (χ2n) is 6.65. The number of carbonyl (C=O) groups is 1. The van der Waals surface area contributed by atoms with Crippen molar-refractivity contribution in [3.8, 4) is 17.2 Å². The van der Waals surface area contributed by atoms with Crippen molar-refractivity contribution in [2.45, 2.75) is 13.0 Å². The average Bonchev–Trinajstić information content (AvgIpc) is 2.79. The Kier molecular flexibility index (Phi) is 8.06. The number of rotatable bonds is 9. The van der Waals surface area contributed by atoms with Crippen LogP contribution >= 0.6 is 15.9 Å². The minimum atomic E-state index is -0.230. The van der Waals surface area contributed by atoms with Gasteiger partial charge in [-0.15, -0.1) is 0 Å². The van der Waals surface area contributed by atoms with Gasteiger partial charge in [-0.1, -0.05) is 46.3 Å². The van der Waals surface area contributed by atoms with Gasteiger partial charge in [0.15, 0.2) is 11.5 Å². The maximum Gasteiger partial charge on any atom is 0.244 e. The number of hydrogen-bond donors (Lipinski definition) is 1. The van der Waals surface area contributed by atoms with E-state index in [9.17, 15) is 4.79 Å². The minimum absolute atomic E-state index is 0.175. The monoisotopic (exact) mass is 482 g/mol. The first-order valence-electron chi connectivity index (χ1n) is 9.57. The van der Waals surface area contributed by atoms with E-state index >= 15 is 0 Å². The number of nitrogens with zero attached hydrogens (tertiary/aromatic N) is 1. The Bertz CT molecular complexity index is 1050. The number of hydrogen-bond acceptors (Lipinski definition) is 5. The highest BCUT2D eigenvalue weighted by molar-refractivity contribution is 9.10. The Morgan fingerprint density at radius 3 is 2.45 bits per heavy atom. The number of ether oxygens (including phenoxy) is 3. The molecule has 0 saturated heterocycles. The van der Waals surface area contributed by atoms with E-state index in [-0.39, 0.29) is 12.3 Å². The molecule has 0 aliphatic rings. The molecule has 0 saturated carbocycles. The quantitative estimate of drug-likeness (QED) is 0.353. The van der Waals surface area contributed by atoms with Crippen LogP contribution in [0.2, 0.25) is 0 Å². The number of nitrogens with one attached hydrogen (secondary N) is 1. The molecule has 0 aromatic heterocycles.